The fourth-order valence-corrected chi connectivity index (χ4v) is 4.90. The predicted molar refractivity (Wildman–Crippen MR) is 127 cm³/mol. The third-order valence-electron chi connectivity index (χ3n) is 5.64. The standard InChI is InChI=1S/C24H25ClN4O2S/c25-20-10-8-18(9-11-20)21-13-27-24(29(21)14-17-5-2-1-3-6-17)32-16-22(30)28-12-4-7-19(15-28)23(26)31/h1-3,5-6,8-11,13,19H,4,7,12,14-16H2,(H2,26,31). The lowest BCUT2D eigenvalue weighted by atomic mass is 9.97. The zero-order valence-electron chi connectivity index (χ0n) is 17.6. The van der Waals surface area contributed by atoms with Crippen molar-refractivity contribution >= 4 is 35.2 Å². The number of benzene rings is 2. The van der Waals surface area contributed by atoms with Gasteiger partial charge in [-0.1, -0.05) is 65.8 Å². The van der Waals surface area contributed by atoms with Gasteiger partial charge in [-0.2, -0.15) is 0 Å². The van der Waals surface area contributed by atoms with E-state index in [-0.39, 0.29) is 23.5 Å². The number of rotatable bonds is 7. The fourth-order valence-electron chi connectivity index (χ4n) is 3.90. The van der Waals surface area contributed by atoms with Crippen LogP contribution in [0.5, 0.6) is 0 Å². The Morgan fingerprint density at radius 3 is 2.59 bits per heavy atom. The highest BCUT2D eigenvalue weighted by Crippen LogP contribution is 2.29. The fraction of sp³-hybridized carbons (Fsp3) is 0.292. The van der Waals surface area contributed by atoms with Gasteiger partial charge in [0.25, 0.3) is 0 Å². The lowest BCUT2D eigenvalue weighted by Crippen LogP contribution is -2.44. The minimum Gasteiger partial charge on any atom is -0.369 e. The first-order valence-corrected chi connectivity index (χ1v) is 11.9. The molecule has 32 heavy (non-hydrogen) atoms. The summed E-state index contributed by atoms with van der Waals surface area (Å²) < 4.78 is 2.12. The van der Waals surface area contributed by atoms with Crippen molar-refractivity contribution in [2.75, 3.05) is 18.8 Å². The van der Waals surface area contributed by atoms with Crippen molar-refractivity contribution in [3.05, 3.63) is 71.4 Å². The van der Waals surface area contributed by atoms with E-state index < -0.39 is 0 Å². The molecule has 1 aromatic heterocycles. The smallest absolute Gasteiger partial charge is 0.233 e. The van der Waals surface area contributed by atoms with Gasteiger partial charge in [-0.25, -0.2) is 4.98 Å². The first-order valence-electron chi connectivity index (χ1n) is 10.6. The highest BCUT2D eigenvalue weighted by molar-refractivity contribution is 7.99. The highest BCUT2D eigenvalue weighted by atomic mass is 35.5. The predicted octanol–water partition coefficient (Wildman–Crippen LogP) is 4.07. The summed E-state index contributed by atoms with van der Waals surface area (Å²) in [5.74, 6) is -0.323. The zero-order valence-corrected chi connectivity index (χ0v) is 19.2. The molecule has 0 bridgehead atoms. The Labute approximate surface area is 196 Å². The maximum atomic E-state index is 12.8. The monoisotopic (exact) mass is 468 g/mol. The first-order chi connectivity index (χ1) is 15.5. The van der Waals surface area contributed by atoms with E-state index in [0.717, 1.165) is 34.8 Å². The number of hydrogen-bond acceptors (Lipinski definition) is 4. The first kappa shape index (κ1) is 22.4. The number of nitrogens with zero attached hydrogens (tertiary/aromatic N) is 3. The number of primary amides is 1. The van der Waals surface area contributed by atoms with Crippen molar-refractivity contribution < 1.29 is 9.59 Å². The second-order valence-corrected chi connectivity index (χ2v) is 9.25. The average Bonchev–Trinajstić information content (AvgIpc) is 3.21. The van der Waals surface area contributed by atoms with E-state index in [0.29, 0.717) is 24.7 Å². The molecule has 2 aromatic carbocycles. The van der Waals surface area contributed by atoms with Crippen LogP contribution in [0.3, 0.4) is 0 Å². The van der Waals surface area contributed by atoms with E-state index >= 15 is 0 Å². The van der Waals surface area contributed by atoms with E-state index in [2.05, 4.69) is 21.7 Å². The molecule has 1 fully saturated rings. The summed E-state index contributed by atoms with van der Waals surface area (Å²) in [5, 5.41) is 1.45. The normalized spacial score (nSPS) is 16.2. The number of piperidine rings is 1. The van der Waals surface area contributed by atoms with Crippen molar-refractivity contribution in [3.8, 4) is 11.3 Å². The van der Waals surface area contributed by atoms with Crippen LogP contribution >= 0.6 is 23.4 Å². The van der Waals surface area contributed by atoms with Crippen LogP contribution in [0.15, 0.2) is 66.0 Å². The summed E-state index contributed by atoms with van der Waals surface area (Å²) >= 11 is 7.48. The number of imidazole rings is 1. The van der Waals surface area contributed by atoms with Gasteiger partial charge in [-0.3, -0.25) is 9.59 Å². The van der Waals surface area contributed by atoms with Crippen LogP contribution in [-0.4, -0.2) is 45.1 Å². The summed E-state index contributed by atoms with van der Waals surface area (Å²) in [7, 11) is 0. The van der Waals surface area contributed by atoms with E-state index in [9.17, 15) is 9.59 Å². The molecule has 8 heteroatoms. The number of halogens is 1. The van der Waals surface area contributed by atoms with E-state index in [4.69, 9.17) is 17.3 Å². The molecule has 0 saturated carbocycles. The van der Waals surface area contributed by atoms with Crippen LogP contribution < -0.4 is 5.73 Å². The van der Waals surface area contributed by atoms with Gasteiger partial charge in [0.2, 0.25) is 11.8 Å². The van der Waals surface area contributed by atoms with Gasteiger partial charge in [-0.15, -0.1) is 0 Å². The van der Waals surface area contributed by atoms with Crippen LogP contribution in [0.2, 0.25) is 5.02 Å². The van der Waals surface area contributed by atoms with Crippen LogP contribution in [-0.2, 0) is 16.1 Å². The molecule has 2 heterocycles. The zero-order chi connectivity index (χ0) is 22.5. The number of likely N-dealkylation sites (tertiary alicyclic amines) is 1. The summed E-state index contributed by atoms with van der Waals surface area (Å²) in [6, 6.07) is 17.8. The molecular formula is C24H25ClN4O2S. The second-order valence-electron chi connectivity index (χ2n) is 7.87. The van der Waals surface area contributed by atoms with Gasteiger partial charge < -0.3 is 15.2 Å². The average molecular weight is 469 g/mol. The van der Waals surface area contributed by atoms with E-state index in [1.165, 1.54) is 11.8 Å². The van der Waals surface area contributed by atoms with Gasteiger partial charge in [0, 0.05) is 18.1 Å². The Morgan fingerprint density at radius 1 is 1.12 bits per heavy atom. The molecule has 2 N–H and O–H groups in total. The molecule has 6 nitrogen and oxygen atoms in total. The molecule has 1 unspecified atom stereocenters. The van der Waals surface area contributed by atoms with Gasteiger partial charge >= 0.3 is 0 Å². The van der Waals surface area contributed by atoms with Crippen molar-refractivity contribution in [2.45, 2.75) is 24.5 Å². The Bertz CT molecular complexity index is 1090. The molecule has 1 atom stereocenters. The molecule has 0 spiro atoms. The summed E-state index contributed by atoms with van der Waals surface area (Å²) in [6.07, 6.45) is 3.38. The van der Waals surface area contributed by atoms with Crippen molar-refractivity contribution in [2.24, 2.45) is 11.7 Å². The molecule has 3 aromatic rings. The van der Waals surface area contributed by atoms with Crippen molar-refractivity contribution in [1.82, 2.24) is 14.5 Å². The number of nitrogens with two attached hydrogens (primary N) is 1. The molecule has 0 radical (unpaired) electrons. The molecule has 2 amide bonds. The van der Waals surface area contributed by atoms with Gasteiger partial charge in [0.15, 0.2) is 5.16 Å². The van der Waals surface area contributed by atoms with Crippen LogP contribution in [0.4, 0.5) is 0 Å². The maximum absolute atomic E-state index is 12.8. The van der Waals surface area contributed by atoms with Gasteiger partial charge in [0.1, 0.15) is 0 Å². The Hall–Kier alpha value is -2.77. The Morgan fingerprint density at radius 2 is 1.88 bits per heavy atom. The number of aromatic nitrogens is 2. The van der Waals surface area contributed by atoms with Gasteiger partial charge in [0.05, 0.1) is 30.1 Å². The van der Waals surface area contributed by atoms with Crippen LogP contribution in [0.25, 0.3) is 11.3 Å². The minimum atomic E-state index is -0.332. The molecule has 1 aliphatic rings. The summed E-state index contributed by atoms with van der Waals surface area (Å²) in [5.41, 5.74) is 8.57. The Balaban J connectivity index is 1.53. The molecular weight excluding hydrogens is 444 g/mol. The quantitative estimate of drug-likeness (QED) is 0.530. The molecule has 0 aliphatic carbocycles. The number of carbonyl (C=O) groups is 2. The second kappa shape index (κ2) is 10.2. The molecule has 1 saturated heterocycles. The topological polar surface area (TPSA) is 81.2 Å². The number of amides is 2. The van der Waals surface area contributed by atoms with Gasteiger partial charge in [-0.05, 0) is 36.1 Å². The number of carbonyl (C=O) groups excluding carboxylic acids is 2. The molecule has 166 valence electrons. The van der Waals surface area contributed by atoms with Crippen molar-refractivity contribution in [3.63, 3.8) is 0 Å². The third-order valence-corrected chi connectivity index (χ3v) is 6.87. The van der Waals surface area contributed by atoms with Crippen molar-refractivity contribution in [1.29, 1.82) is 0 Å². The minimum absolute atomic E-state index is 0.00301. The lowest BCUT2D eigenvalue weighted by Gasteiger charge is -2.31. The Kier molecular flexibility index (Phi) is 7.17. The van der Waals surface area contributed by atoms with Crippen LogP contribution in [0.1, 0.15) is 18.4 Å². The molecule has 1 aliphatic heterocycles. The van der Waals surface area contributed by atoms with E-state index in [1.54, 1.807) is 4.90 Å². The highest BCUT2D eigenvalue weighted by Gasteiger charge is 2.27. The third kappa shape index (κ3) is 5.34. The lowest BCUT2D eigenvalue weighted by molar-refractivity contribution is -0.132. The summed E-state index contributed by atoms with van der Waals surface area (Å²) in [4.78, 5) is 30.7. The molecule has 4 rings (SSSR count). The number of thioether (sulfide) groups is 1. The maximum Gasteiger partial charge on any atom is 0.233 e. The number of hydrogen-bond donors (Lipinski definition) is 1. The van der Waals surface area contributed by atoms with Crippen LogP contribution in [0, 0.1) is 5.92 Å². The van der Waals surface area contributed by atoms with E-state index in [1.807, 2.05) is 48.7 Å². The summed E-state index contributed by atoms with van der Waals surface area (Å²) in [6.45, 7) is 1.71. The SMILES string of the molecule is NC(=O)C1CCCN(C(=O)CSc2ncc(-c3ccc(Cl)cc3)n2Cc2ccccc2)C1. The largest absolute Gasteiger partial charge is 0.369 e.